The van der Waals surface area contributed by atoms with Crippen LogP contribution < -0.4 is 10.0 Å². The van der Waals surface area contributed by atoms with Crippen LogP contribution in [-0.4, -0.2) is 33.0 Å². The molecule has 0 aliphatic rings. The number of nitrogens with one attached hydrogen (secondary N) is 2. The molecule has 1 rings (SSSR count). The third kappa shape index (κ3) is 6.72. The first-order valence-electron chi connectivity index (χ1n) is 7.31. The van der Waals surface area contributed by atoms with Crippen molar-refractivity contribution in [1.29, 1.82) is 0 Å². The molecule has 4 nitrogen and oxygen atoms in total. The molecule has 0 aliphatic heterocycles. The summed E-state index contributed by atoms with van der Waals surface area (Å²) in [7, 11) is -3.46. The molecular weight excluding hydrogens is 304 g/mol. The van der Waals surface area contributed by atoms with E-state index in [4.69, 9.17) is 0 Å². The van der Waals surface area contributed by atoms with Gasteiger partial charge in [0.25, 0.3) is 0 Å². The highest BCUT2D eigenvalue weighted by Gasteiger charge is 2.18. The fraction of sp³-hybridized carbons (Fsp3) is 0.600. The largest absolute Gasteiger partial charge is 0.384 e. The van der Waals surface area contributed by atoms with Crippen LogP contribution in [0.25, 0.3) is 0 Å². The topological polar surface area (TPSA) is 58.2 Å². The standard InChI is InChI=1S/C15H26N2O2S2/c1-13(2)17-21(18,19)15-10-6-5-9-14(15)16-11-7-4-8-12-20-3/h5-6,9-10,13,16-17H,4,7-8,11-12H2,1-3H3. The van der Waals surface area contributed by atoms with Gasteiger partial charge in [-0.2, -0.15) is 11.8 Å². The third-order valence-electron chi connectivity index (χ3n) is 2.91. The molecule has 2 N–H and O–H groups in total. The summed E-state index contributed by atoms with van der Waals surface area (Å²) >= 11 is 1.86. The van der Waals surface area contributed by atoms with Crippen molar-refractivity contribution < 1.29 is 8.42 Å². The van der Waals surface area contributed by atoms with Crippen molar-refractivity contribution in [1.82, 2.24) is 4.72 Å². The lowest BCUT2D eigenvalue weighted by Gasteiger charge is -2.14. The minimum atomic E-state index is -3.46. The quantitative estimate of drug-likeness (QED) is 0.646. The van der Waals surface area contributed by atoms with Crippen molar-refractivity contribution in [2.75, 3.05) is 23.9 Å². The van der Waals surface area contributed by atoms with E-state index in [0.29, 0.717) is 10.6 Å². The predicted octanol–water partition coefficient (Wildman–Crippen LogP) is 3.32. The SMILES string of the molecule is CSCCCCCNc1ccccc1S(=O)(=O)NC(C)C. The van der Waals surface area contributed by atoms with E-state index in [1.807, 2.05) is 37.7 Å². The summed E-state index contributed by atoms with van der Waals surface area (Å²) in [6.07, 6.45) is 5.53. The van der Waals surface area contributed by atoms with Gasteiger partial charge in [0.1, 0.15) is 4.90 Å². The Bertz CT molecular complexity index is 516. The van der Waals surface area contributed by atoms with Crippen LogP contribution in [0, 0.1) is 0 Å². The zero-order valence-corrected chi connectivity index (χ0v) is 14.7. The second kappa shape index (κ2) is 9.33. The van der Waals surface area contributed by atoms with E-state index in [9.17, 15) is 8.42 Å². The molecular formula is C15H26N2O2S2. The average molecular weight is 331 g/mol. The van der Waals surface area contributed by atoms with Gasteiger partial charge >= 0.3 is 0 Å². The number of benzene rings is 1. The molecule has 120 valence electrons. The normalized spacial score (nSPS) is 11.8. The number of rotatable bonds is 10. The monoisotopic (exact) mass is 330 g/mol. The number of hydrogen-bond donors (Lipinski definition) is 2. The maximum absolute atomic E-state index is 12.3. The van der Waals surface area contributed by atoms with Crippen LogP contribution in [0.2, 0.25) is 0 Å². The number of unbranched alkanes of at least 4 members (excludes halogenated alkanes) is 2. The van der Waals surface area contributed by atoms with Crippen molar-refractivity contribution >= 4 is 27.5 Å². The van der Waals surface area contributed by atoms with Gasteiger partial charge < -0.3 is 5.32 Å². The first-order valence-corrected chi connectivity index (χ1v) is 10.2. The number of para-hydroxylation sites is 1. The van der Waals surface area contributed by atoms with Crippen LogP contribution in [0.3, 0.4) is 0 Å². The van der Waals surface area contributed by atoms with Crippen LogP contribution >= 0.6 is 11.8 Å². The molecule has 0 spiro atoms. The van der Waals surface area contributed by atoms with Gasteiger partial charge in [0.05, 0.1) is 5.69 Å². The van der Waals surface area contributed by atoms with E-state index in [0.717, 1.165) is 19.4 Å². The van der Waals surface area contributed by atoms with Gasteiger partial charge in [0.2, 0.25) is 10.0 Å². The molecule has 0 aromatic heterocycles. The summed E-state index contributed by atoms with van der Waals surface area (Å²) in [6.45, 7) is 4.43. The van der Waals surface area contributed by atoms with Crippen molar-refractivity contribution in [3.63, 3.8) is 0 Å². The molecule has 0 atom stereocenters. The molecule has 1 aromatic carbocycles. The molecule has 0 fully saturated rings. The Kier molecular flexibility index (Phi) is 8.14. The van der Waals surface area contributed by atoms with Gasteiger partial charge in [-0.15, -0.1) is 0 Å². The zero-order valence-electron chi connectivity index (χ0n) is 13.1. The molecule has 1 aromatic rings. The minimum absolute atomic E-state index is 0.116. The van der Waals surface area contributed by atoms with E-state index in [1.165, 1.54) is 12.2 Å². The lowest BCUT2D eigenvalue weighted by atomic mass is 10.2. The van der Waals surface area contributed by atoms with Crippen LogP contribution in [0.5, 0.6) is 0 Å². The van der Waals surface area contributed by atoms with Gasteiger partial charge in [0.15, 0.2) is 0 Å². The second-order valence-electron chi connectivity index (χ2n) is 5.25. The number of anilines is 1. The Labute approximate surface area is 133 Å². The van der Waals surface area contributed by atoms with Crippen molar-refractivity contribution in [3.8, 4) is 0 Å². The third-order valence-corrected chi connectivity index (χ3v) is 5.32. The van der Waals surface area contributed by atoms with Gasteiger partial charge in [-0.25, -0.2) is 13.1 Å². The number of hydrogen-bond acceptors (Lipinski definition) is 4. The first kappa shape index (κ1) is 18.3. The summed E-state index contributed by atoms with van der Waals surface area (Å²) in [6, 6.07) is 6.94. The number of sulfonamides is 1. The van der Waals surface area contributed by atoms with E-state index in [2.05, 4.69) is 16.3 Å². The fourth-order valence-electron chi connectivity index (χ4n) is 1.99. The summed E-state index contributed by atoms with van der Waals surface area (Å²) in [4.78, 5) is 0.322. The molecule has 21 heavy (non-hydrogen) atoms. The Balaban J connectivity index is 2.63. The van der Waals surface area contributed by atoms with Crippen molar-refractivity contribution in [2.24, 2.45) is 0 Å². The first-order chi connectivity index (χ1) is 9.97. The average Bonchev–Trinajstić information content (AvgIpc) is 2.41. The summed E-state index contributed by atoms with van der Waals surface area (Å²) in [5, 5.41) is 3.24. The second-order valence-corrected chi connectivity index (χ2v) is 7.92. The molecule has 0 unspecified atom stereocenters. The molecule has 0 heterocycles. The van der Waals surface area contributed by atoms with Crippen LogP contribution in [0.15, 0.2) is 29.2 Å². The van der Waals surface area contributed by atoms with Crippen LogP contribution in [0.1, 0.15) is 33.1 Å². The van der Waals surface area contributed by atoms with Crippen molar-refractivity contribution in [2.45, 2.75) is 44.0 Å². The van der Waals surface area contributed by atoms with Gasteiger partial charge in [-0.1, -0.05) is 18.6 Å². The van der Waals surface area contributed by atoms with E-state index >= 15 is 0 Å². The van der Waals surface area contributed by atoms with Crippen molar-refractivity contribution in [3.05, 3.63) is 24.3 Å². The molecule has 6 heteroatoms. The Morgan fingerprint density at radius 1 is 1.14 bits per heavy atom. The van der Waals surface area contributed by atoms with E-state index in [-0.39, 0.29) is 6.04 Å². The smallest absolute Gasteiger partial charge is 0.242 e. The fourth-order valence-corrected chi connectivity index (χ4v) is 3.92. The molecule has 0 saturated carbocycles. The molecule has 0 saturated heterocycles. The highest BCUT2D eigenvalue weighted by molar-refractivity contribution is 7.98. The summed E-state index contributed by atoms with van der Waals surface area (Å²) < 4.78 is 27.2. The predicted molar refractivity (Wildman–Crippen MR) is 92.6 cm³/mol. The summed E-state index contributed by atoms with van der Waals surface area (Å²) in [5.41, 5.74) is 0.676. The lowest BCUT2D eigenvalue weighted by Crippen LogP contribution is -2.30. The van der Waals surface area contributed by atoms with E-state index < -0.39 is 10.0 Å². The van der Waals surface area contributed by atoms with Crippen LogP contribution in [-0.2, 0) is 10.0 Å². The maximum atomic E-state index is 12.3. The van der Waals surface area contributed by atoms with Gasteiger partial charge in [-0.05, 0) is 50.8 Å². The van der Waals surface area contributed by atoms with Gasteiger partial charge in [-0.3, -0.25) is 0 Å². The Hall–Kier alpha value is -0.720. The molecule has 0 radical (unpaired) electrons. The number of thioether (sulfide) groups is 1. The highest BCUT2D eigenvalue weighted by atomic mass is 32.2. The minimum Gasteiger partial charge on any atom is -0.384 e. The Morgan fingerprint density at radius 2 is 1.86 bits per heavy atom. The molecule has 0 aliphatic carbocycles. The van der Waals surface area contributed by atoms with Gasteiger partial charge in [0, 0.05) is 12.6 Å². The van der Waals surface area contributed by atoms with Crippen LogP contribution in [0.4, 0.5) is 5.69 Å². The molecule has 0 amide bonds. The van der Waals surface area contributed by atoms with E-state index in [1.54, 1.807) is 12.1 Å². The zero-order chi connectivity index (χ0) is 15.7. The Morgan fingerprint density at radius 3 is 2.52 bits per heavy atom. The highest BCUT2D eigenvalue weighted by Crippen LogP contribution is 2.21. The maximum Gasteiger partial charge on any atom is 0.242 e. The summed E-state index contributed by atoms with van der Waals surface area (Å²) in [5.74, 6) is 1.18. The molecule has 0 bridgehead atoms. The lowest BCUT2D eigenvalue weighted by molar-refractivity contribution is 0.570.